The zero-order chi connectivity index (χ0) is 14.1. The summed E-state index contributed by atoms with van der Waals surface area (Å²) in [5, 5.41) is 7.00. The van der Waals surface area contributed by atoms with Crippen LogP contribution in [0.3, 0.4) is 0 Å². The molecule has 1 N–H and O–H groups in total. The molecule has 3 rings (SSSR count). The summed E-state index contributed by atoms with van der Waals surface area (Å²) in [6.45, 7) is -0.0159. The smallest absolute Gasteiger partial charge is 0.263 e. The van der Waals surface area contributed by atoms with Crippen LogP contribution in [0.25, 0.3) is 20.7 Å². The first-order valence-corrected chi connectivity index (χ1v) is 7.67. The monoisotopic (exact) mass is 305 g/mol. The fourth-order valence-corrected chi connectivity index (χ4v) is 3.65. The Morgan fingerprint density at radius 2 is 2.30 bits per heavy atom. The Balaban J connectivity index is 2.18. The molecule has 3 aromatic rings. The molecule has 0 atom stereocenters. The van der Waals surface area contributed by atoms with Gasteiger partial charge in [0.2, 0.25) is 5.91 Å². The molecule has 0 aliphatic carbocycles. The zero-order valence-corrected chi connectivity index (χ0v) is 12.3. The summed E-state index contributed by atoms with van der Waals surface area (Å²) in [6, 6.07) is 3.92. The van der Waals surface area contributed by atoms with Crippen molar-refractivity contribution in [3.63, 3.8) is 0 Å². The number of fused-ring (bicyclic) bond motifs is 1. The first kappa shape index (κ1) is 13.0. The van der Waals surface area contributed by atoms with Crippen molar-refractivity contribution in [2.75, 3.05) is 7.05 Å². The Hall–Kier alpha value is -1.99. The van der Waals surface area contributed by atoms with Gasteiger partial charge in [0, 0.05) is 22.9 Å². The van der Waals surface area contributed by atoms with Gasteiger partial charge in [0.25, 0.3) is 5.56 Å². The summed E-state index contributed by atoms with van der Waals surface area (Å²) >= 11 is 3.02. The Labute approximate surface area is 122 Å². The minimum absolute atomic E-state index is 0.0159. The number of hydrogen-bond acceptors (Lipinski definition) is 5. The minimum atomic E-state index is -0.221. The van der Waals surface area contributed by atoms with Gasteiger partial charge in [0.15, 0.2) is 0 Å². The third-order valence-electron chi connectivity index (χ3n) is 2.94. The topological polar surface area (TPSA) is 64.0 Å². The van der Waals surface area contributed by atoms with Gasteiger partial charge in [0.05, 0.1) is 11.7 Å². The number of carbonyl (C=O) groups excluding carboxylic acids is 1. The standard InChI is InChI=1S/C13H11N3O2S2/c1-14-10(17)5-16-7-15-12-11(13(16)18)8(6-20-12)9-3-2-4-19-9/h2-4,6-7H,5H2,1H3,(H,14,17). The molecule has 0 saturated heterocycles. The number of nitrogens with one attached hydrogen (secondary N) is 1. The molecule has 0 fully saturated rings. The van der Waals surface area contributed by atoms with E-state index in [4.69, 9.17) is 0 Å². The maximum Gasteiger partial charge on any atom is 0.263 e. The van der Waals surface area contributed by atoms with Crippen molar-refractivity contribution in [3.05, 3.63) is 39.6 Å². The normalized spacial score (nSPS) is 10.8. The molecule has 0 radical (unpaired) electrons. The minimum Gasteiger partial charge on any atom is -0.358 e. The Morgan fingerprint density at radius 3 is 3.00 bits per heavy atom. The van der Waals surface area contributed by atoms with Gasteiger partial charge in [0.1, 0.15) is 11.4 Å². The van der Waals surface area contributed by atoms with Gasteiger partial charge in [-0.25, -0.2) is 4.98 Å². The number of amides is 1. The second kappa shape index (κ2) is 5.18. The summed E-state index contributed by atoms with van der Waals surface area (Å²) < 4.78 is 1.34. The van der Waals surface area contributed by atoms with E-state index >= 15 is 0 Å². The summed E-state index contributed by atoms with van der Waals surface area (Å²) in [7, 11) is 1.54. The largest absolute Gasteiger partial charge is 0.358 e. The molecule has 0 aliphatic heterocycles. The second-order valence-corrected chi connectivity index (χ2v) is 5.96. The average molecular weight is 305 g/mol. The second-order valence-electron chi connectivity index (χ2n) is 4.16. The van der Waals surface area contributed by atoms with Crippen molar-refractivity contribution in [1.29, 1.82) is 0 Å². The molecule has 3 heterocycles. The lowest BCUT2D eigenvalue weighted by atomic mass is 10.2. The Bertz CT molecular complexity index is 818. The van der Waals surface area contributed by atoms with E-state index in [2.05, 4.69) is 10.3 Å². The van der Waals surface area contributed by atoms with Crippen LogP contribution in [-0.4, -0.2) is 22.5 Å². The Kier molecular flexibility index (Phi) is 3.37. The molecule has 0 spiro atoms. The van der Waals surface area contributed by atoms with Gasteiger partial charge in [-0.1, -0.05) is 6.07 Å². The fourth-order valence-electron chi connectivity index (χ4n) is 1.93. The van der Waals surface area contributed by atoms with Crippen molar-refractivity contribution in [3.8, 4) is 10.4 Å². The highest BCUT2D eigenvalue weighted by Crippen LogP contribution is 2.33. The predicted molar refractivity (Wildman–Crippen MR) is 81.3 cm³/mol. The molecule has 0 bridgehead atoms. The highest BCUT2D eigenvalue weighted by atomic mass is 32.1. The molecule has 0 unspecified atom stereocenters. The van der Waals surface area contributed by atoms with E-state index in [9.17, 15) is 9.59 Å². The van der Waals surface area contributed by atoms with Crippen LogP contribution in [0.5, 0.6) is 0 Å². The van der Waals surface area contributed by atoms with Crippen molar-refractivity contribution in [2.45, 2.75) is 6.54 Å². The van der Waals surface area contributed by atoms with E-state index < -0.39 is 0 Å². The van der Waals surface area contributed by atoms with Crippen LogP contribution < -0.4 is 10.9 Å². The highest BCUT2D eigenvalue weighted by Gasteiger charge is 2.14. The highest BCUT2D eigenvalue weighted by molar-refractivity contribution is 7.18. The van der Waals surface area contributed by atoms with Crippen molar-refractivity contribution < 1.29 is 4.79 Å². The third-order valence-corrected chi connectivity index (χ3v) is 4.73. The van der Waals surface area contributed by atoms with Gasteiger partial charge >= 0.3 is 0 Å². The lowest BCUT2D eigenvalue weighted by molar-refractivity contribution is -0.121. The van der Waals surface area contributed by atoms with Gasteiger partial charge in [-0.15, -0.1) is 22.7 Å². The molecule has 3 aromatic heterocycles. The van der Waals surface area contributed by atoms with Crippen LogP contribution in [0, 0.1) is 0 Å². The van der Waals surface area contributed by atoms with Crippen LogP contribution in [0.4, 0.5) is 0 Å². The van der Waals surface area contributed by atoms with Gasteiger partial charge in [-0.2, -0.15) is 0 Å². The summed E-state index contributed by atoms with van der Waals surface area (Å²) in [5.74, 6) is -0.221. The molecule has 20 heavy (non-hydrogen) atoms. The number of carbonyl (C=O) groups is 1. The third kappa shape index (κ3) is 2.14. The van der Waals surface area contributed by atoms with Gasteiger partial charge in [-0.3, -0.25) is 14.2 Å². The first-order valence-electron chi connectivity index (χ1n) is 5.92. The van der Waals surface area contributed by atoms with Crippen LogP contribution in [-0.2, 0) is 11.3 Å². The lowest BCUT2D eigenvalue weighted by Gasteiger charge is -2.04. The van der Waals surface area contributed by atoms with Crippen molar-refractivity contribution >= 4 is 38.8 Å². The summed E-state index contributed by atoms with van der Waals surface area (Å²) in [4.78, 5) is 29.9. The zero-order valence-electron chi connectivity index (χ0n) is 10.6. The van der Waals surface area contributed by atoms with E-state index in [1.165, 1.54) is 22.2 Å². The van der Waals surface area contributed by atoms with Crippen molar-refractivity contribution in [1.82, 2.24) is 14.9 Å². The maximum atomic E-state index is 12.5. The molecule has 5 nitrogen and oxygen atoms in total. The quantitative estimate of drug-likeness (QED) is 0.804. The summed E-state index contributed by atoms with van der Waals surface area (Å²) in [6.07, 6.45) is 1.43. The number of hydrogen-bond donors (Lipinski definition) is 1. The fraction of sp³-hybridized carbons (Fsp3) is 0.154. The van der Waals surface area contributed by atoms with Gasteiger partial charge in [-0.05, 0) is 11.4 Å². The van der Waals surface area contributed by atoms with E-state index in [-0.39, 0.29) is 18.0 Å². The molecule has 7 heteroatoms. The SMILES string of the molecule is CNC(=O)Cn1cnc2scc(-c3cccs3)c2c1=O. The van der Waals surface area contributed by atoms with Crippen LogP contribution >= 0.6 is 22.7 Å². The molecule has 0 aliphatic rings. The number of likely N-dealkylation sites (N-methyl/N-ethyl adjacent to an activating group) is 1. The molecule has 102 valence electrons. The number of rotatable bonds is 3. The molecule has 0 aromatic carbocycles. The summed E-state index contributed by atoms with van der Waals surface area (Å²) in [5.41, 5.74) is 0.715. The van der Waals surface area contributed by atoms with Gasteiger partial charge < -0.3 is 5.32 Å². The lowest BCUT2D eigenvalue weighted by Crippen LogP contribution is -2.30. The molecule has 0 saturated carbocycles. The van der Waals surface area contributed by atoms with Crippen LogP contribution in [0.15, 0.2) is 34.0 Å². The molecular weight excluding hydrogens is 294 g/mol. The first-order chi connectivity index (χ1) is 9.70. The van der Waals surface area contributed by atoms with E-state index in [1.54, 1.807) is 18.4 Å². The van der Waals surface area contributed by atoms with Crippen LogP contribution in [0.2, 0.25) is 0 Å². The Morgan fingerprint density at radius 1 is 1.45 bits per heavy atom. The average Bonchev–Trinajstić information content (AvgIpc) is 3.09. The number of nitrogens with zero attached hydrogens (tertiary/aromatic N) is 2. The van der Waals surface area contributed by atoms with E-state index in [0.29, 0.717) is 10.2 Å². The number of thiophene rings is 2. The molecular formula is C13H11N3O2S2. The predicted octanol–water partition coefficient (Wildman–Crippen LogP) is 1.93. The van der Waals surface area contributed by atoms with E-state index in [0.717, 1.165) is 10.4 Å². The molecule has 1 amide bonds. The van der Waals surface area contributed by atoms with Crippen molar-refractivity contribution in [2.24, 2.45) is 0 Å². The maximum absolute atomic E-state index is 12.5. The number of aromatic nitrogens is 2. The van der Waals surface area contributed by atoms with Crippen LogP contribution in [0.1, 0.15) is 0 Å². The van der Waals surface area contributed by atoms with E-state index in [1.807, 2.05) is 22.9 Å².